The van der Waals surface area contributed by atoms with E-state index in [0.717, 1.165) is 12.1 Å². The molecule has 3 aromatic rings. The number of alkyl halides is 3. The van der Waals surface area contributed by atoms with Crippen LogP contribution in [0.1, 0.15) is 15.9 Å². The van der Waals surface area contributed by atoms with Crippen molar-refractivity contribution in [3.05, 3.63) is 72.3 Å². The molecule has 0 aliphatic carbocycles. The number of carbonyl (C=O) groups is 2. The van der Waals surface area contributed by atoms with Gasteiger partial charge >= 0.3 is 6.18 Å². The molecule has 0 aliphatic rings. The number of nitrogens with zero attached hydrogens (tertiary/aromatic N) is 2. The van der Waals surface area contributed by atoms with E-state index in [2.05, 4.69) is 32.7 Å². The first-order valence-corrected chi connectivity index (χ1v) is 11.2. The lowest BCUT2D eigenvalue weighted by molar-refractivity contribution is -0.137. The fourth-order valence-corrected chi connectivity index (χ4v) is 4.10. The lowest BCUT2D eigenvalue weighted by atomic mass is 10.1. The number of aromatic nitrogens is 2. The van der Waals surface area contributed by atoms with Crippen molar-refractivity contribution in [1.82, 2.24) is 10.2 Å². The predicted molar refractivity (Wildman–Crippen MR) is 124 cm³/mol. The Kier molecular flexibility index (Phi) is 8.06. The van der Waals surface area contributed by atoms with Crippen LogP contribution in [0, 0.1) is 0 Å². The lowest BCUT2D eigenvalue weighted by Crippen LogP contribution is -2.16. The molecule has 3 rings (SSSR count). The van der Waals surface area contributed by atoms with Crippen molar-refractivity contribution in [3.63, 3.8) is 0 Å². The minimum absolute atomic E-state index is 0.0136. The SMILES string of the molecule is C=CCNc1nnc(SCC(=O)Nc2cccc(C(=O)Nc3cccc(C(F)(F)F)c3)c2)s1. The highest BCUT2D eigenvalue weighted by molar-refractivity contribution is 8.01. The van der Waals surface area contributed by atoms with Gasteiger partial charge in [-0.15, -0.1) is 16.8 Å². The Morgan fingerprint density at radius 3 is 2.52 bits per heavy atom. The second-order valence-corrected chi connectivity index (χ2v) is 8.69. The minimum Gasteiger partial charge on any atom is -0.357 e. The molecular formula is C21H18F3N5O2S2. The average molecular weight is 494 g/mol. The van der Waals surface area contributed by atoms with Crippen molar-refractivity contribution in [2.75, 3.05) is 28.2 Å². The maximum absolute atomic E-state index is 12.9. The largest absolute Gasteiger partial charge is 0.416 e. The van der Waals surface area contributed by atoms with E-state index in [9.17, 15) is 22.8 Å². The summed E-state index contributed by atoms with van der Waals surface area (Å²) in [5.74, 6) is -0.837. The Bertz CT molecular complexity index is 1150. The molecule has 0 fully saturated rings. The quantitative estimate of drug-likeness (QED) is 0.282. The number of carbonyl (C=O) groups excluding carboxylic acids is 2. The molecule has 1 aromatic heterocycles. The number of anilines is 3. The van der Waals surface area contributed by atoms with Gasteiger partial charge in [-0.2, -0.15) is 13.2 Å². The molecule has 0 saturated heterocycles. The molecule has 0 bridgehead atoms. The van der Waals surface area contributed by atoms with Crippen LogP contribution in [0.2, 0.25) is 0 Å². The van der Waals surface area contributed by atoms with E-state index in [1.165, 1.54) is 47.4 Å². The van der Waals surface area contributed by atoms with E-state index in [1.54, 1.807) is 18.2 Å². The molecule has 172 valence electrons. The Labute approximate surface area is 195 Å². The highest BCUT2D eigenvalue weighted by Gasteiger charge is 2.30. The van der Waals surface area contributed by atoms with Crippen LogP contribution in [-0.4, -0.2) is 34.3 Å². The molecule has 0 aliphatic heterocycles. The first-order valence-electron chi connectivity index (χ1n) is 9.44. The Hall–Kier alpha value is -3.38. The van der Waals surface area contributed by atoms with Gasteiger partial charge in [0.15, 0.2) is 4.34 Å². The molecule has 33 heavy (non-hydrogen) atoms. The number of nitrogens with one attached hydrogen (secondary N) is 3. The van der Waals surface area contributed by atoms with Crippen LogP contribution >= 0.6 is 23.1 Å². The van der Waals surface area contributed by atoms with Gasteiger partial charge in [0.25, 0.3) is 5.91 Å². The number of hydrogen-bond acceptors (Lipinski definition) is 7. The van der Waals surface area contributed by atoms with Crippen molar-refractivity contribution >= 4 is 51.4 Å². The first-order chi connectivity index (χ1) is 15.7. The summed E-state index contributed by atoms with van der Waals surface area (Å²) >= 11 is 2.52. The van der Waals surface area contributed by atoms with Crippen LogP contribution < -0.4 is 16.0 Å². The second kappa shape index (κ2) is 11.0. The highest BCUT2D eigenvalue weighted by atomic mass is 32.2. The third-order valence-electron chi connectivity index (χ3n) is 3.99. The van der Waals surface area contributed by atoms with Crippen LogP contribution in [0.5, 0.6) is 0 Å². The molecular weight excluding hydrogens is 475 g/mol. The first kappa shape index (κ1) is 24.3. The standard InChI is InChI=1S/C21H18F3N5O2S2/c1-2-9-25-19-28-29-20(33-19)32-12-17(30)26-15-7-3-5-13(10-15)18(31)27-16-8-4-6-14(11-16)21(22,23)24/h2-8,10-11H,1,9,12H2,(H,25,28)(H,26,30)(H,27,31). The van der Waals surface area contributed by atoms with Gasteiger partial charge in [0.05, 0.1) is 11.3 Å². The van der Waals surface area contributed by atoms with Crippen LogP contribution in [0.25, 0.3) is 0 Å². The smallest absolute Gasteiger partial charge is 0.357 e. The Morgan fingerprint density at radius 1 is 1.06 bits per heavy atom. The van der Waals surface area contributed by atoms with Crippen LogP contribution in [0.4, 0.5) is 29.7 Å². The topological polar surface area (TPSA) is 96.0 Å². The van der Waals surface area contributed by atoms with Gasteiger partial charge < -0.3 is 16.0 Å². The number of rotatable bonds is 9. The normalized spacial score (nSPS) is 11.0. The molecule has 2 aromatic carbocycles. The molecule has 0 spiro atoms. The summed E-state index contributed by atoms with van der Waals surface area (Å²) < 4.78 is 39.2. The van der Waals surface area contributed by atoms with Crippen molar-refractivity contribution in [3.8, 4) is 0 Å². The van der Waals surface area contributed by atoms with Crippen LogP contribution in [0.15, 0.2) is 65.5 Å². The number of halogens is 3. The highest BCUT2D eigenvalue weighted by Crippen LogP contribution is 2.31. The summed E-state index contributed by atoms with van der Waals surface area (Å²) in [7, 11) is 0. The van der Waals surface area contributed by atoms with Crippen molar-refractivity contribution < 1.29 is 22.8 Å². The van der Waals surface area contributed by atoms with Gasteiger partial charge in [-0.1, -0.05) is 41.3 Å². The number of benzene rings is 2. The van der Waals surface area contributed by atoms with Crippen molar-refractivity contribution in [2.24, 2.45) is 0 Å². The second-order valence-electron chi connectivity index (χ2n) is 6.49. The summed E-state index contributed by atoms with van der Waals surface area (Å²) in [5, 5.41) is 16.7. The monoisotopic (exact) mass is 493 g/mol. The molecule has 7 nitrogen and oxygen atoms in total. The zero-order chi connectivity index (χ0) is 23.8. The van der Waals surface area contributed by atoms with E-state index in [4.69, 9.17) is 0 Å². The number of thioether (sulfide) groups is 1. The third kappa shape index (κ3) is 7.32. The molecule has 3 N–H and O–H groups in total. The number of amides is 2. The van der Waals surface area contributed by atoms with Gasteiger partial charge in [0.2, 0.25) is 11.0 Å². The number of hydrogen-bond donors (Lipinski definition) is 3. The lowest BCUT2D eigenvalue weighted by Gasteiger charge is -2.11. The zero-order valence-electron chi connectivity index (χ0n) is 17.0. The predicted octanol–water partition coefficient (Wildman–Crippen LogP) is 5.14. The molecule has 0 radical (unpaired) electrons. The molecule has 0 atom stereocenters. The molecule has 0 saturated carbocycles. The summed E-state index contributed by atoms with van der Waals surface area (Å²) in [6.07, 6.45) is -2.82. The van der Waals surface area contributed by atoms with Gasteiger partial charge in [0, 0.05) is 23.5 Å². The van der Waals surface area contributed by atoms with E-state index in [-0.39, 0.29) is 22.9 Å². The maximum Gasteiger partial charge on any atom is 0.416 e. The van der Waals surface area contributed by atoms with Gasteiger partial charge in [-0.05, 0) is 36.4 Å². The average Bonchev–Trinajstić information content (AvgIpc) is 3.24. The Morgan fingerprint density at radius 2 is 1.79 bits per heavy atom. The molecule has 12 heteroatoms. The zero-order valence-corrected chi connectivity index (χ0v) is 18.6. The fourth-order valence-electron chi connectivity index (χ4n) is 2.54. The minimum atomic E-state index is -4.51. The molecule has 1 heterocycles. The van der Waals surface area contributed by atoms with E-state index < -0.39 is 17.6 Å². The van der Waals surface area contributed by atoms with E-state index in [0.29, 0.717) is 21.7 Å². The Balaban J connectivity index is 1.56. The van der Waals surface area contributed by atoms with Gasteiger partial charge in [-0.25, -0.2) is 0 Å². The van der Waals surface area contributed by atoms with Gasteiger partial charge in [-0.3, -0.25) is 9.59 Å². The summed E-state index contributed by atoms with van der Waals surface area (Å²) in [6.45, 7) is 4.15. The van der Waals surface area contributed by atoms with Gasteiger partial charge in [0.1, 0.15) is 0 Å². The third-order valence-corrected chi connectivity index (χ3v) is 6.00. The van der Waals surface area contributed by atoms with E-state index in [1.807, 2.05) is 0 Å². The summed E-state index contributed by atoms with van der Waals surface area (Å²) in [4.78, 5) is 24.7. The van der Waals surface area contributed by atoms with Crippen LogP contribution in [-0.2, 0) is 11.0 Å². The van der Waals surface area contributed by atoms with Crippen molar-refractivity contribution in [1.29, 1.82) is 0 Å². The van der Waals surface area contributed by atoms with E-state index >= 15 is 0 Å². The van der Waals surface area contributed by atoms with Crippen molar-refractivity contribution in [2.45, 2.75) is 10.5 Å². The molecule has 2 amide bonds. The molecule has 0 unspecified atom stereocenters. The maximum atomic E-state index is 12.9. The fraction of sp³-hybridized carbons (Fsp3) is 0.143. The summed E-state index contributed by atoms with van der Waals surface area (Å²) in [6, 6.07) is 10.4. The van der Waals surface area contributed by atoms with Crippen LogP contribution in [0.3, 0.4) is 0 Å². The summed E-state index contributed by atoms with van der Waals surface area (Å²) in [5.41, 5.74) is -0.291.